The Balaban J connectivity index is 2.28. The molecule has 1 heterocycles. The minimum atomic E-state index is -1.07. The summed E-state index contributed by atoms with van der Waals surface area (Å²) in [7, 11) is 0. The number of carboxylic acids is 1. The summed E-state index contributed by atoms with van der Waals surface area (Å²) in [6.45, 7) is 4.22. The minimum absolute atomic E-state index is 0.0524. The second kappa shape index (κ2) is 6.41. The maximum Gasteiger partial charge on any atom is 0.337 e. The maximum absolute atomic E-state index is 10.9. The highest BCUT2D eigenvalue weighted by Gasteiger charge is 2.11. The summed E-state index contributed by atoms with van der Waals surface area (Å²) in [5.41, 5.74) is 1.45. The molecule has 1 aromatic carbocycles. The van der Waals surface area contributed by atoms with E-state index in [2.05, 4.69) is 15.3 Å². The van der Waals surface area contributed by atoms with Crippen molar-refractivity contribution in [3.05, 3.63) is 40.7 Å². The summed E-state index contributed by atoms with van der Waals surface area (Å²) in [6, 6.07) is 4.59. The van der Waals surface area contributed by atoms with Crippen LogP contribution in [-0.2, 0) is 0 Å². The quantitative estimate of drug-likeness (QED) is 0.882. The van der Waals surface area contributed by atoms with Gasteiger partial charge in [-0.2, -0.15) is 0 Å². The van der Waals surface area contributed by atoms with Crippen LogP contribution in [0.4, 0.5) is 11.5 Å². The maximum atomic E-state index is 10.9. The average Bonchev–Trinajstić information content (AvgIpc) is 2.43. The molecule has 110 valence electrons. The van der Waals surface area contributed by atoms with E-state index in [1.54, 1.807) is 6.07 Å². The molecule has 2 rings (SSSR count). The Morgan fingerprint density at radius 3 is 2.81 bits per heavy atom. The fraction of sp³-hybridized carbons (Fsp3) is 0.214. The van der Waals surface area contributed by atoms with E-state index in [1.807, 2.05) is 13.8 Å². The van der Waals surface area contributed by atoms with Crippen molar-refractivity contribution in [3.8, 4) is 5.88 Å². The van der Waals surface area contributed by atoms with Crippen molar-refractivity contribution in [1.29, 1.82) is 0 Å². The molecule has 0 saturated heterocycles. The number of benzene rings is 1. The van der Waals surface area contributed by atoms with Crippen molar-refractivity contribution >= 4 is 29.1 Å². The SMILES string of the molecule is CCOc1ncnc(Nc2ccc(C(=O)O)c(Cl)c2)c1C. The summed E-state index contributed by atoms with van der Waals surface area (Å²) in [6.07, 6.45) is 1.40. The number of hydrogen-bond acceptors (Lipinski definition) is 5. The van der Waals surface area contributed by atoms with Crippen LogP contribution in [0.3, 0.4) is 0 Å². The summed E-state index contributed by atoms with van der Waals surface area (Å²) in [5.74, 6) is 0.0132. The number of halogens is 1. The number of carboxylic acid groups (broad SMARTS) is 1. The summed E-state index contributed by atoms with van der Waals surface area (Å²) in [4.78, 5) is 19.1. The third kappa shape index (κ3) is 3.41. The molecule has 0 bridgehead atoms. The molecule has 0 unspecified atom stereocenters. The van der Waals surface area contributed by atoms with Gasteiger partial charge in [-0.05, 0) is 32.0 Å². The first kappa shape index (κ1) is 15.1. The van der Waals surface area contributed by atoms with Crippen LogP contribution in [0.25, 0.3) is 0 Å². The number of rotatable bonds is 5. The van der Waals surface area contributed by atoms with Crippen molar-refractivity contribution < 1.29 is 14.6 Å². The van der Waals surface area contributed by atoms with E-state index in [-0.39, 0.29) is 10.6 Å². The Kier molecular flexibility index (Phi) is 4.59. The highest BCUT2D eigenvalue weighted by Crippen LogP contribution is 2.26. The molecule has 0 saturated carbocycles. The van der Waals surface area contributed by atoms with Crippen molar-refractivity contribution in [3.63, 3.8) is 0 Å². The topological polar surface area (TPSA) is 84.3 Å². The molecule has 21 heavy (non-hydrogen) atoms. The molecule has 0 amide bonds. The summed E-state index contributed by atoms with van der Waals surface area (Å²) >= 11 is 5.93. The van der Waals surface area contributed by atoms with Crippen LogP contribution in [0.5, 0.6) is 5.88 Å². The van der Waals surface area contributed by atoms with Crippen LogP contribution in [-0.4, -0.2) is 27.7 Å². The number of carbonyl (C=O) groups is 1. The van der Waals surface area contributed by atoms with Gasteiger partial charge in [0, 0.05) is 5.69 Å². The second-order valence-electron chi connectivity index (χ2n) is 4.21. The number of nitrogens with zero attached hydrogens (tertiary/aromatic N) is 2. The third-order valence-corrected chi connectivity index (χ3v) is 3.09. The lowest BCUT2D eigenvalue weighted by Gasteiger charge is -2.12. The molecule has 0 aliphatic rings. The lowest BCUT2D eigenvalue weighted by Crippen LogP contribution is -2.03. The monoisotopic (exact) mass is 307 g/mol. The lowest BCUT2D eigenvalue weighted by atomic mass is 10.2. The zero-order chi connectivity index (χ0) is 15.4. The lowest BCUT2D eigenvalue weighted by molar-refractivity contribution is 0.0697. The normalized spacial score (nSPS) is 10.2. The van der Waals surface area contributed by atoms with E-state index in [1.165, 1.54) is 18.5 Å². The largest absolute Gasteiger partial charge is 0.478 e. The fourth-order valence-electron chi connectivity index (χ4n) is 1.75. The summed E-state index contributed by atoms with van der Waals surface area (Å²) < 4.78 is 5.39. The first-order chi connectivity index (χ1) is 10.0. The van der Waals surface area contributed by atoms with Gasteiger partial charge in [0.15, 0.2) is 0 Å². The Hall–Kier alpha value is -2.34. The number of nitrogens with one attached hydrogen (secondary N) is 1. The van der Waals surface area contributed by atoms with Gasteiger partial charge >= 0.3 is 5.97 Å². The zero-order valence-electron chi connectivity index (χ0n) is 11.6. The van der Waals surface area contributed by atoms with Gasteiger partial charge in [0.2, 0.25) is 5.88 Å². The minimum Gasteiger partial charge on any atom is -0.478 e. The zero-order valence-corrected chi connectivity index (χ0v) is 12.3. The Morgan fingerprint density at radius 2 is 2.19 bits per heavy atom. The molecule has 0 radical (unpaired) electrons. The van der Waals surface area contributed by atoms with Gasteiger partial charge in [-0.1, -0.05) is 11.6 Å². The van der Waals surface area contributed by atoms with Gasteiger partial charge in [0.25, 0.3) is 0 Å². The molecule has 0 aliphatic heterocycles. The first-order valence-corrected chi connectivity index (χ1v) is 6.65. The Labute approximate surface area is 126 Å². The fourth-order valence-corrected chi connectivity index (χ4v) is 2.01. The number of aromatic carboxylic acids is 1. The number of anilines is 2. The van der Waals surface area contributed by atoms with Crippen LogP contribution in [0.1, 0.15) is 22.8 Å². The predicted octanol–water partition coefficient (Wildman–Crippen LogP) is 3.28. The number of aromatic nitrogens is 2. The van der Waals surface area contributed by atoms with Crippen molar-refractivity contribution in [2.45, 2.75) is 13.8 Å². The molecule has 6 nitrogen and oxygen atoms in total. The number of ether oxygens (including phenoxy) is 1. The van der Waals surface area contributed by atoms with Gasteiger partial charge in [-0.3, -0.25) is 0 Å². The highest BCUT2D eigenvalue weighted by molar-refractivity contribution is 6.33. The van der Waals surface area contributed by atoms with Crippen LogP contribution in [0, 0.1) is 6.92 Å². The van der Waals surface area contributed by atoms with Crippen molar-refractivity contribution in [2.75, 3.05) is 11.9 Å². The Morgan fingerprint density at radius 1 is 1.43 bits per heavy atom. The van der Waals surface area contributed by atoms with E-state index in [0.29, 0.717) is 24.0 Å². The van der Waals surface area contributed by atoms with Crippen molar-refractivity contribution in [1.82, 2.24) is 9.97 Å². The van der Waals surface area contributed by atoms with Gasteiger partial charge in [0.05, 0.1) is 22.8 Å². The van der Waals surface area contributed by atoms with Crippen LogP contribution in [0.15, 0.2) is 24.5 Å². The molecule has 2 aromatic rings. The van der Waals surface area contributed by atoms with Gasteiger partial charge < -0.3 is 15.2 Å². The third-order valence-electron chi connectivity index (χ3n) is 2.78. The smallest absolute Gasteiger partial charge is 0.337 e. The Bertz CT molecular complexity index is 677. The summed E-state index contributed by atoms with van der Waals surface area (Å²) in [5, 5.41) is 12.2. The molecule has 0 fully saturated rings. The van der Waals surface area contributed by atoms with Crippen LogP contribution >= 0.6 is 11.6 Å². The van der Waals surface area contributed by atoms with Crippen LogP contribution in [0.2, 0.25) is 5.02 Å². The van der Waals surface area contributed by atoms with Crippen molar-refractivity contribution in [2.24, 2.45) is 0 Å². The molecule has 0 spiro atoms. The molecular formula is C14H14ClN3O3. The number of hydrogen-bond donors (Lipinski definition) is 2. The molecule has 2 N–H and O–H groups in total. The van der Waals surface area contributed by atoms with Gasteiger partial charge in [-0.15, -0.1) is 0 Å². The van der Waals surface area contributed by atoms with E-state index in [9.17, 15) is 4.79 Å². The van der Waals surface area contributed by atoms with Gasteiger partial charge in [-0.25, -0.2) is 14.8 Å². The van der Waals surface area contributed by atoms with E-state index < -0.39 is 5.97 Å². The van der Waals surface area contributed by atoms with Crippen LogP contribution < -0.4 is 10.1 Å². The molecule has 7 heteroatoms. The molecule has 0 aliphatic carbocycles. The standard InChI is InChI=1S/C14H14ClN3O3/c1-3-21-13-8(2)12(16-7-17-13)18-9-4-5-10(14(19)20)11(15)6-9/h4-7H,3H2,1-2H3,(H,19,20)(H,16,17,18). The molecular weight excluding hydrogens is 294 g/mol. The van der Waals surface area contributed by atoms with E-state index in [0.717, 1.165) is 5.56 Å². The predicted molar refractivity (Wildman–Crippen MR) is 79.6 cm³/mol. The molecule has 0 atom stereocenters. The van der Waals surface area contributed by atoms with E-state index in [4.69, 9.17) is 21.4 Å². The van der Waals surface area contributed by atoms with E-state index >= 15 is 0 Å². The first-order valence-electron chi connectivity index (χ1n) is 6.27. The van der Waals surface area contributed by atoms with Gasteiger partial charge in [0.1, 0.15) is 12.1 Å². The average molecular weight is 308 g/mol. The second-order valence-corrected chi connectivity index (χ2v) is 4.62. The molecule has 1 aromatic heterocycles. The highest BCUT2D eigenvalue weighted by atomic mass is 35.5.